The van der Waals surface area contributed by atoms with Crippen molar-refractivity contribution in [3.05, 3.63) is 59.7 Å². The molecule has 0 spiro atoms. The van der Waals surface area contributed by atoms with Gasteiger partial charge in [0.1, 0.15) is 12.6 Å². The van der Waals surface area contributed by atoms with E-state index in [1.165, 1.54) is 0 Å². The highest BCUT2D eigenvalue weighted by Crippen LogP contribution is 2.44. The molecular weight excluding hydrogens is 424 g/mol. The molecule has 2 aromatic carbocycles. The molecule has 2 aromatic rings. The van der Waals surface area contributed by atoms with E-state index < -0.39 is 40.5 Å². The maximum Gasteiger partial charge on any atom is 0.407 e. The molecule has 0 heterocycles. The minimum Gasteiger partial charge on any atom is -0.480 e. The molecule has 3 rings (SSSR count). The van der Waals surface area contributed by atoms with Crippen LogP contribution in [-0.2, 0) is 24.3 Å². The van der Waals surface area contributed by atoms with E-state index in [-0.39, 0.29) is 18.9 Å². The van der Waals surface area contributed by atoms with E-state index in [2.05, 4.69) is 5.32 Å². The van der Waals surface area contributed by atoms with Crippen molar-refractivity contribution in [2.45, 2.75) is 24.8 Å². The Kier molecular flexibility index (Phi) is 6.59. The van der Waals surface area contributed by atoms with Gasteiger partial charge in [0.2, 0.25) is 15.9 Å². The minimum absolute atomic E-state index is 0.0146. The topological polar surface area (TPSA) is 139 Å². The first-order chi connectivity index (χ1) is 14.7. The van der Waals surface area contributed by atoms with Crippen LogP contribution in [0, 0.1) is 0 Å². The molecule has 0 radical (unpaired) electrons. The number of sulfonamides is 1. The number of rotatable bonds is 8. The van der Waals surface area contributed by atoms with E-state index in [4.69, 9.17) is 4.74 Å². The van der Waals surface area contributed by atoms with Gasteiger partial charge in [-0.25, -0.2) is 18.0 Å². The predicted molar refractivity (Wildman–Crippen MR) is 112 cm³/mol. The second-order valence-electron chi connectivity index (χ2n) is 7.20. The Balaban J connectivity index is 1.60. The van der Waals surface area contributed by atoms with E-state index in [1.807, 2.05) is 48.5 Å². The summed E-state index contributed by atoms with van der Waals surface area (Å²) >= 11 is 0. The first kappa shape index (κ1) is 22.3. The van der Waals surface area contributed by atoms with Crippen LogP contribution in [0.3, 0.4) is 0 Å². The summed E-state index contributed by atoms with van der Waals surface area (Å²) < 4.78 is 29.1. The molecule has 1 aliphatic carbocycles. The number of carboxylic acids is 1. The zero-order chi connectivity index (χ0) is 22.6. The molecule has 0 fully saturated rings. The number of hydrogen-bond acceptors (Lipinski definition) is 6. The largest absolute Gasteiger partial charge is 0.480 e. The summed E-state index contributed by atoms with van der Waals surface area (Å²) in [7, 11) is -3.74. The summed E-state index contributed by atoms with van der Waals surface area (Å²) in [6.45, 7) is 0.0146. The van der Waals surface area contributed by atoms with Gasteiger partial charge in [0.25, 0.3) is 0 Å². The number of nitrogens with one attached hydrogen (secondary N) is 2. The Morgan fingerprint density at radius 2 is 1.58 bits per heavy atom. The van der Waals surface area contributed by atoms with Crippen molar-refractivity contribution in [2.24, 2.45) is 0 Å². The maximum absolute atomic E-state index is 12.2. The Bertz CT molecular complexity index is 1070. The Hall–Kier alpha value is -3.40. The molecular formula is C21H22N2O7S. The lowest BCUT2D eigenvalue weighted by Crippen LogP contribution is -2.42. The first-order valence-corrected chi connectivity index (χ1v) is 11.4. The van der Waals surface area contributed by atoms with Crippen LogP contribution in [0.25, 0.3) is 11.1 Å². The smallest absolute Gasteiger partial charge is 0.407 e. The molecule has 1 aliphatic rings. The van der Waals surface area contributed by atoms with E-state index in [0.29, 0.717) is 0 Å². The quantitative estimate of drug-likeness (QED) is 0.562. The summed E-state index contributed by atoms with van der Waals surface area (Å²) in [5, 5.41) is 11.5. The molecule has 0 saturated carbocycles. The third kappa shape index (κ3) is 5.60. The fourth-order valence-corrected chi connectivity index (χ4v) is 4.09. The van der Waals surface area contributed by atoms with E-state index in [0.717, 1.165) is 28.5 Å². The number of fused-ring (bicyclic) bond motifs is 3. The summed E-state index contributed by atoms with van der Waals surface area (Å²) in [5.74, 6) is -2.40. The fourth-order valence-electron chi connectivity index (χ4n) is 3.57. The van der Waals surface area contributed by atoms with Crippen LogP contribution in [0.1, 0.15) is 29.9 Å². The van der Waals surface area contributed by atoms with E-state index in [1.54, 1.807) is 4.72 Å². The number of alkyl carbamates (subject to hydrolysis) is 1. The summed E-state index contributed by atoms with van der Waals surface area (Å²) in [6, 6.07) is 14.2. The van der Waals surface area contributed by atoms with Crippen LogP contribution in [0.2, 0.25) is 0 Å². The molecule has 0 aliphatic heterocycles. The highest BCUT2D eigenvalue weighted by molar-refractivity contribution is 7.89. The number of aliphatic carboxylic acids is 1. The third-order valence-electron chi connectivity index (χ3n) is 4.89. The summed E-state index contributed by atoms with van der Waals surface area (Å²) in [4.78, 5) is 35.2. The van der Waals surface area contributed by atoms with Gasteiger partial charge in [0.05, 0.1) is 6.26 Å². The van der Waals surface area contributed by atoms with Gasteiger partial charge in [-0.3, -0.25) is 9.52 Å². The van der Waals surface area contributed by atoms with Crippen molar-refractivity contribution < 1.29 is 32.6 Å². The molecule has 0 saturated heterocycles. The number of carboxylic acid groups (broad SMARTS) is 1. The SMILES string of the molecule is CS(=O)(=O)NC(=O)CCC(NC(=O)OCC1c2ccccc2-c2ccccc21)C(=O)O. The molecule has 3 N–H and O–H groups in total. The highest BCUT2D eigenvalue weighted by atomic mass is 32.2. The number of ether oxygens (including phenoxy) is 1. The van der Waals surface area contributed by atoms with Gasteiger partial charge in [0, 0.05) is 12.3 Å². The highest BCUT2D eigenvalue weighted by Gasteiger charge is 2.30. The van der Waals surface area contributed by atoms with Crippen LogP contribution in [-0.4, -0.2) is 50.4 Å². The van der Waals surface area contributed by atoms with Crippen LogP contribution >= 0.6 is 0 Å². The van der Waals surface area contributed by atoms with Gasteiger partial charge in [-0.05, 0) is 28.7 Å². The summed E-state index contributed by atoms with van der Waals surface area (Å²) in [5.41, 5.74) is 4.16. The Morgan fingerprint density at radius 1 is 1.03 bits per heavy atom. The van der Waals surface area contributed by atoms with Gasteiger partial charge < -0.3 is 15.2 Å². The number of carbonyl (C=O) groups excluding carboxylic acids is 2. The maximum atomic E-state index is 12.2. The van der Waals surface area contributed by atoms with E-state index >= 15 is 0 Å². The van der Waals surface area contributed by atoms with E-state index in [9.17, 15) is 27.9 Å². The summed E-state index contributed by atoms with van der Waals surface area (Å²) in [6.07, 6.45) is -0.805. The van der Waals surface area contributed by atoms with Crippen molar-refractivity contribution in [3.63, 3.8) is 0 Å². The Morgan fingerprint density at radius 3 is 2.10 bits per heavy atom. The molecule has 1 unspecified atom stereocenters. The lowest BCUT2D eigenvalue weighted by molar-refractivity contribution is -0.139. The zero-order valence-corrected chi connectivity index (χ0v) is 17.5. The van der Waals surface area contributed by atoms with Crippen molar-refractivity contribution in [3.8, 4) is 11.1 Å². The normalized spacial score (nSPS) is 13.6. The number of amides is 2. The second kappa shape index (κ2) is 9.17. The average molecular weight is 446 g/mol. The van der Waals surface area contributed by atoms with Crippen LogP contribution in [0.5, 0.6) is 0 Å². The fraction of sp³-hybridized carbons (Fsp3) is 0.286. The molecule has 31 heavy (non-hydrogen) atoms. The average Bonchev–Trinajstić information content (AvgIpc) is 3.02. The number of carbonyl (C=O) groups is 3. The van der Waals surface area contributed by atoms with Crippen LogP contribution in [0.15, 0.2) is 48.5 Å². The van der Waals surface area contributed by atoms with Gasteiger partial charge in [-0.1, -0.05) is 48.5 Å². The number of hydrogen-bond donors (Lipinski definition) is 3. The lowest BCUT2D eigenvalue weighted by atomic mass is 9.98. The van der Waals surface area contributed by atoms with Crippen molar-refractivity contribution in [1.82, 2.24) is 10.0 Å². The first-order valence-electron chi connectivity index (χ1n) is 9.50. The Labute approximate surface area is 179 Å². The number of benzene rings is 2. The molecule has 10 heteroatoms. The monoisotopic (exact) mass is 446 g/mol. The predicted octanol–water partition coefficient (Wildman–Crippen LogP) is 1.83. The standard InChI is InChI=1S/C21H22N2O7S/c1-31(28,29)23-19(24)11-10-18(20(25)26)22-21(27)30-12-17-15-8-4-2-6-13(15)14-7-3-5-9-16(14)17/h2-9,17-18H,10-12H2,1H3,(H,22,27)(H,23,24)(H,25,26). The van der Waals surface area contributed by atoms with Crippen molar-refractivity contribution in [2.75, 3.05) is 12.9 Å². The second-order valence-corrected chi connectivity index (χ2v) is 8.95. The van der Waals surface area contributed by atoms with Gasteiger partial charge in [-0.2, -0.15) is 0 Å². The molecule has 9 nitrogen and oxygen atoms in total. The molecule has 2 amide bonds. The van der Waals surface area contributed by atoms with Crippen LogP contribution < -0.4 is 10.0 Å². The van der Waals surface area contributed by atoms with Crippen molar-refractivity contribution >= 4 is 28.0 Å². The van der Waals surface area contributed by atoms with Gasteiger partial charge in [-0.15, -0.1) is 0 Å². The molecule has 1 atom stereocenters. The van der Waals surface area contributed by atoms with Gasteiger partial charge >= 0.3 is 12.1 Å². The molecule has 164 valence electrons. The van der Waals surface area contributed by atoms with Crippen molar-refractivity contribution in [1.29, 1.82) is 0 Å². The van der Waals surface area contributed by atoms with Crippen LogP contribution in [0.4, 0.5) is 4.79 Å². The zero-order valence-electron chi connectivity index (χ0n) is 16.7. The third-order valence-corrected chi connectivity index (χ3v) is 5.49. The molecule has 0 aromatic heterocycles. The minimum atomic E-state index is -3.74. The molecule has 0 bridgehead atoms. The lowest BCUT2D eigenvalue weighted by Gasteiger charge is -2.17. The van der Waals surface area contributed by atoms with Gasteiger partial charge in [0.15, 0.2) is 0 Å².